The summed E-state index contributed by atoms with van der Waals surface area (Å²) in [4.78, 5) is 10.6. The number of aromatic nitrogens is 2. The summed E-state index contributed by atoms with van der Waals surface area (Å²) in [5.41, 5.74) is 5.64. The maximum Gasteiger partial charge on any atom is 0.233 e. The first-order valence-corrected chi connectivity index (χ1v) is 5.14. The van der Waals surface area contributed by atoms with E-state index in [2.05, 4.69) is 14.9 Å². The fourth-order valence-corrected chi connectivity index (χ4v) is 1.82. The van der Waals surface area contributed by atoms with Crippen molar-refractivity contribution < 1.29 is 4.74 Å². The lowest BCUT2D eigenvalue weighted by Crippen LogP contribution is -2.23. The number of nitrogens with zero attached hydrogens (tertiary/aromatic N) is 3. The molecule has 82 valence electrons. The predicted octanol–water partition coefficient (Wildman–Crippen LogP) is 0.270. The Balaban J connectivity index is 2.09. The molecule has 5 nitrogen and oxygen atoms in total. The van der Waals surface area contributed by atoms with Gasteiger partial charge in [-0.3, -0.25) is 4.98 Å². The standard InChI is InChI=1S/C10H16N4O/c1-15-10-6-12-5-9(13-10)14-3-2-8(4-11)7-14/h5-6,8H,2-4,7,11H2,1H3. The van der Waals surface area contributed by atoms with E-state index in [-0.39, 0.29) is 0 Å². The van der Waals surface area contributed by atoms with Crippen LogP contribution in [0.15, 0.2) is 12.4 Å². The van der Waals surface area contributed by atoms with Gasteiger partial charge in [0.25, 0.3) is 0 Å². The van der Waals surface area contributed by atoms with Crippen LogP contribution in [0.25, 0.3) is 0 Å². The number of hydrogen-bond acceptors (Lipinski definition) is 5. The monoisotopic (exact) mass is 208 g/mol. The number of nitrogens with two attached hydrogens (primary N) is 1. The molecule has 0 aromatic carbocycles. The van der Waals surface area contributed by atoms with E-state index in [9.17, 15) is 0 Å². The van der Waals surface area contributed by atoms with Crippen LogP contribution in [0.5, 0.6) is 5.88 Å². The highest BCUT2D eigenvalue weighted by atomic mass is 16.5. The molecule has 5 heteroatoms. The number of rotatable bonds is 3. The number of hydrogen-bond donors (Lipinski definition) is 1. The lowest BCUT2D eigenvalue weighted by Gasteiger charge is -2.16. The van der Waals surface area contributed by atoms with E-state index in [1.54, 1.807) is 19.5 Å². The van der Waals surface area contributed by atoms with E-state index >= 15 is 0 Å². The molecule has 1 saturated heterocycles. The molecule has 0 bridgehead atoms. The highest BCUT2D eigenvalue weighted by molar-refractivity contribution is 5.38. The van der Waals surface area contributed by atoms with Crippen molar-refractivity contribution in [3.8, 4) is 5.88 Å². The van der Waals surface area contributed by atoms with Crippen LogP contribution in [0.2, 0.25) is 0 Å². The van der Waals surface area contributed by atoms with Gasteiger partial charge in [0.15, 0.2) is 5.82 Å². The number of ether oxygens (including phenoxy) is 1. The average molecular weight is 208 g/mol. The molecule has 0 spiro atoms. The van der Waals surface area contributed by atoms with Crippen molar-refractivity contribution in [1.82, 2.24) is 9.97 Å². The second-order valence-electron chi connectivity index (χ2n) is 3.76. The van der Waals surface area contributed by atoms with Crippen molar-refractivity contribution in [2.45, 2.75) is 6.42 Å². The summed E-state index contributed by atoms with van der Waals surface area (Å²) in [5, 5.41) is 0. The Bertz CT molecular complexity index is 331. The van der Waals surface area contributed by atoms with Gasteiger partial charge in [-0.25, -0.2) is 0 Å². The normalized spacial score (nSPS) is 20.7. The van der Waals surface area contributed by atoms with Crippen LogP contribution in [0, 0.1) is 5.92 Å². The summed E-state index contributed by atoms with van der Waals surface area (Å²) in [6.45, 7) is 2.72. The third-order valence-corrected chi connectivity index (χ3v) is 2.75. The molecule has 0 saturated carbocycles. The molecule has 1 aromatic heterocycles. The first-order valence-electron chi connectivity index (χ1n) is 5.14. The van der Waals surface area contributed by atoms with E-state index in [4.69, 9.17) is 10.5 Å². The Morgan fingerprint density at radius 2 is 2.47 bits per heavy atom. The minimum atomic E-state index is 0.559. The smallest absolute Gasteiger partial charge is 0.233 e. The zero-order chi connectivity index (χ0) is 10.7. The van der Waals surface area contributed by atoms with Crippen LogP contribution < -0.4 is 15.4 Å². The van der Waals surface area contributed by atoms with Crippen molar-refractivity contribution in [2.24, 2.45) is 11.7 Å². The van der Waals surface area contributed by atoms with Crippen LogP contribution in [0.1, 0.15) is 6.42 Å². The minimum absolute atomic E-state index is 0.559. The van der Waals surface area contributed by atoms with Gasteiger partial charge in [0.1, 0.15) is 0 Å². The Morgan fingerprint density at radius 3 is 3.13 bits per heavy atom. The van der Waals surface area contributed by atoms with Gasteiger partial charge in [0, 0.05) is 13.1 Å². The summed E-state index contributed by atoms with van der Waals surface area (Å²) >= 11 is 0. The molecule has 1 aromatic rings. The molecule has 2 N–H and O–H groups in total. The van der Waals surface area contributed by atoms with Crippen molar-refractivity contribution in [2.75, 3.05) is 31.6 Å². The maximum atomic E-state index is 5.64. The molecule has 0 amide bonds. The Kier molecular flexibility index (Phi) is 3.01. The van der Waals surface area contributed by atoms with Crippen molar-refractivity contribution >= 4 is 5.82 Å². The number of anilines is 1. The zero-order valence-electron chi connectivity index (χ0n) is 8.89. The molecule has 2 heterocycles. The molecule has 2 rings (SSSR count). The van der Waals surface area contributed by atoms with Gasteiger partial charge in [-0.15, -0.1) is 0 Å². The van der Waals surface area contributed by atoms with E-state index in [0.29, 0.717) is 11.8 Å². The van der Waals surface area contributed by atoms with Gasteiger partial charge in [-0.2, -0.15) is 4.98 Å². The highest BCUT2D eigenvalue weighted by Crippen LogP contribution is 2.21. The number of methoxy groups -OCH3 is 1. The molecule has 0 aliphatic carbocycles. The third kappa shape index (κ3) is 2.18. The van der Waals surface area contributed by atoms with Gasteiger partial charge < -0.3 is 15.4 Å². The summed E-state index contributed by atoms with van der Waals surface area (Å²) in [6.07, 6.45) is 4.51. The van der Waals surface area contributed by atoms with Crippen LogP contribution in [0.4, 0.5) is 5.82 Å². The molecule has 1 unspecified atom stereocenters. The van der Waals surface area contributed by atoms with Gasteiger partial charge in [0.2, 0.25) is 5.88 Å². The topological polar surface area (TPSA) is 64.3 Å². The molecular formula is C10H16N4O. The highest BCUT2D eigenvalue weighted by Gasteiger charge is 2.22. The Labute approximate surface area is 89.3 Å². The van der Waals surface area contributed by atoms with Gasteiger partial charge >= 0.3 is 0 Å². The van der Waals surface area contributed by atoms with Crippen LogP contribution in [0.3, 0.4) is 0 Å². The molecule has 0 radical (unpaired) electrons. The van der Waals surface area contributed by atoms with Gasteiger partial charge in [0.05, 0.1) is 19.5 Å². The van der Waals surface area contributed by atoms with E-state index in [1.807, 2.05) is 0 Å². The molecule has 1 aliphatic heterocycles. The Morgan fingerprint density at radius 1 is 1.60 bits per heavy atom. The van der Waals surface area contributed by atoms with Crippen molar-refractivity contribution in [3.05, 3.63) is 12.4 Å². The molecule has 1 atom stereocenters. The maximum absolute atomic E-state index is 5.64. The quantitative estimate of drug-likeness (QED) is 0.772. The SMILES string of the molecule is COc1cncc(N2CCC(CN)C2)n1. The lowest BCUT2D eigenvalue weighted by molar-refractivity contribution is 0.395. The Hall–Kier alpha value is -1.36. The predicted molar refractivity (Wildman–Crippen MR) is 58.0 cm³/mol. The lowest BCUT2D eigenvalue weighted by atomic mass is 10.1. The summed E-state index contributed by atoms with van der Waals surface area (Å²) < 4.78 is 5.04. The molecule has 1 fully saturated rings. The third-order valence-electron chi connectivity index (χ3n) is 2.75. The second-order valence-corrected chi connectivity index (χ2v) is 3.76. The fraction of sp³-hybridized carbons (Fsp3) is 0.600. The van der Waals surface area contributed by atoms with Gasteiger partial charge in [-0.1, -0.05) is 0 Å². The van der Waals surface area contributed by atoms with E-state index in [1.165, 1.54) is 0 Å². The minimum Gasteiger partial charge on any atom is -0.480 e. The fourth-order valence-electron chi connectivity index (χ4n) is 1.82. The first kappa shape index (κ1) is 10.2. The summed E-state index contributed by atoms with van der Waals surface area (Å²) in [7, 11) is 1.60. The average Bonchev–Trinajstić information content (AvgIpc) is 2.78. The molecule has 1 aliphatic rings. The molecular weight excluding hydrogens is 192 g/mol. The van der Waals surface area contributed by atoms with Crippen LogP contribution >= 0.6 is 0 Å². The first-order chi connectivity index (χ1) is 7.33. The van der Waals surface area contributed by atoms with Crippen molar-refractivity contribution in [1.29, 1.82) is 0 Å². The van der Waals surface area contributed by atoms with Crippen molar-refractivity contribution in [3.63, 3.8) is 0 Å². The summed E-state index contributed by atoms with van der Waals surface area (Å²) in [6, 6.07) is 0. The molecule has 15 heavy (non-hydrogen) atoms. The summed E-state index contributed by atoms with van der Waals surface area (Å²) in [5.74, 6) is 2.02. The van der Waals surface area contributed by atoms with E-state index in [0.717, 1.165) is 31.9 Å². The van der Waals surface area contributed by atoms with Gasteiger partial charge in [-0.05, 0) is 18.9 Å². The second kappa shape index (κ2) is 4.44. The van der Waals surface area contributed by atoms with Crippen LogP contribution in [-0.4, -0.2) is 36.7 Å². The van der Waals surface area contributed by atoms with E-state index < -0.39 is 0 Å². The zero-order valence-corrected chi connectivity index (χ0v) is 8.89. The largest absolute Gasteiger partial charge is 0.480 e. The van der Waals surface area contributed by atoms with Crippen LogP contribution in [-0.2, 0) is 0 Å².